The van der Waals surface area contributed by atoms with E-state index in [1.165, 1.54) is 25.1 Å². The van der Waals surface area contributed by atoms with E-state index >= 15 is 0 Å². The maximum absolute atomic E-state index is 12.0. The molecule has 0 bridgehead atoms. The Labute approximate surface area is 332 Å². The number of halogens is 1. The summed E-state index contributed by atoms with van der Waals surface area (Å²) in [5.74, 6) is -0.809. The smallest absolute Gasteiger partial charge is 0.744 e. The van der Waals surface area contributed by atoms with Gasteiger partial charge in [-0.2, -0.15) is 15.0 Å². The molecule has 1 heterocycles. The quantitative estimate of drug-likeness (QED) is 0.0859. The second-order valence-corrected chi connectivity index (χ2v) is 12.8. The summed E-state index contributed by atoms with van der Waals surface area (Å²) >= 11 is 5.76. The number of hydrogen-bond acceptors (Lipinski definition) is 17. The van der Waals surface area contributed by atoms with Crippen LogP contribution in [0.25, 0.3) is 10.8 Å². The second kappa shape index (κ2) is 16.3. The molecule has 46 heavy (non-hydrogen) atoms. The van der Waals surface area contributed by atoms with Crippen LogP contribution in [0.2, 0.25) is 5.28 Å². The molecule has 1 aromatic heterocycles. The Kier molecular flexibility index (Phi) is 15.2. The number of nitrogens with zero attached hydrogens (tertiary/aromatic N) is 5. The Morgan fingerprint density at radius 1 is 0.804 bits per heavy atom. The minimum absolute atomic E-state index is 0. The molecule has 0 unspecified atom stereocenters. The summed E-state index contributed by atoms with van der Waals surface area (Å²) in [6.07, 6.45) is 0. The van der Waals surface area contributed by atoms with Crippen LogP contribution in [0.1, 0.15) is 6.92 Å². The van der Waals surface area contributed by atoms with Crippen LogP contribution in [0, 0.1) is 0 Å². The van der Waals surface area contributed by atoms with Crippen molar-refractivity contribution in [1.82, 2.24) is 15.0 Å². The molecular weight excluding hydrogens is 725 g/mol. The molecule has 0 aliphatic carbocycles. The molecule has 0 aliphatic heterocycles. The maximum Gasteiger partial charge on any atom is 1.00 e. The van der Waals surface area contributed by atoms with Gasteiger partial charge in [0.15, 0.2) is 0 Å². The van der Waals surface area contributed by atoms with Gasteiger partial charge in [0.25, 0.3) is 0 Å². The third-order valence-electron chi connectivity index (χ3n) is 5.25. The number of nitrogens with one attached hydrogen (secondary N) is 2. The molecule has 0 fully saturated rings. The van der Waals surface area contributed by atoms with E-state index in [2.05, 4.69) is 35.8 Å². The number of nitrogens with two attached hydrogens (primary N) is 1. The molecule has 0 radical (unpaired) electrons. The van der Waals surface area contributed by atoms with Crippen molar-refractivity contribution < 1.29 is 132 Å². The molecule has 0 saturated heterocycles. The van der Waals surface area contributed by atoms with Crippen LogP contribution in [-0.2, 0) is 35.1 Å². The Morgan fingerprint density at radius 2 is 1.41 bits per heavy atom. The molecule has 3 aromatic carbocycles. The summed E-state index contributed by atoms with van der Waals surface area (Å²) < 4.78 is 106. The normalized spacial score (nSPS) is 11.7. The number of azo groups is 1. The Bertz CT molecular complexity index is 2170. The van der Waals surface area contributed by atoms with E-state index in [9.17, 15) is 43.7 Å². The topological polar surface area (TPSA) is 302 Å². The fraction of sp³-hybridized carbons (Fsp3) is 0.0476. The zero-order valence-corrected chi connectivity index (χ0v) is 33.2. The van der Waals surface area contributed by atoms with E-state index in [-0.39, 0.29) is 123 Å². The third kappa shape index (κ3) is 10.8. The number of amides is 1. The minimum atomic E-state index is -5.44. The molecule has 0 aliphatic rings. The van der Waals surface area contributed by atoms with Gasteiger partial charge in [0, 0.05) is 18.0 Å². The van der Waals surface area contributed by atoms with Gasteiger partial charge in [0.05, 0.1) is 20.4 Å². The number of aromatic nitrogens is 3. The first-order chi connectivity index (χ1) is 19.8. The molecule has 226 valence electrons. The summed E-state index contributed by atoms with van der Waals surface area (Å²) in [6, 6.07) is 6.15. The average molecular weight is 739 g/mol. The predicted molar refractivity (Wildman–Crippen MR) is 145 cm³/mol. The van der Waals surface area contributed by atoms with Gasteiger partial charge >= 0.3 is 88.7 Å². The first-order valence-corrected chi connectivity index (χ1v) is 15.7. The molecule has 4 rings (SSSR count). The number of benzene rings is 3. The molecule has 0 spiro atoms. The van der Waals surface area contributed by atoms with Crippen LogP contribution in [0.3, 0.4) is 0 Å². The summed E-state index contributed by atoms with van der Waals surface area (Å²) in [6.45, 7) is 1.17. The van der Waals surface area contributed by atoms with Gasteiger partial charge in [-0.3, -0.25) is 4.79 Å². The average Bonchev–Trinajstić information content (AvgIpc) is 2.84. The molecule has 4 aromatic rings. The second-order valence-electron chi connectivity index (χ2n) is 8.35. The Hall–Kier alpha value is -1.38. The van der Waals surface area contributed by atoms with Crippen LogP contribution in [0.15, 0.2) is 67.4 Å². The van der Waals surface area contributed by atoms with Crippen molar-refractivity contribution in [3.05, 3.63) is 47.7 Å². The number of anilines is 4. The molecular formula is C21H14ClN8Na3O10S3. The largest absolute Gasteiger partial charge is 1.00 e. The molecule has 1 amide bonds. The number of fused-ring (bicyclic) bond motifs is 1. The van der Waals surface area contributed by atoms with Crippen molar-refractivity contribution in [1.29, 1.82) is 0 Å². The summed E-state index contributed by atoms with van der Waals surface area (Å²) in [4.78, 5) is 19.7. The number of carbonyl (C=O) groups is 1. The van der Waals surface area contributed by atoms with E-state index in [1.807, 2.05) is 0 Å². The third-order valence-corrected chi connectivity index (χ3v) is 7.97. The van der Waals surface area contributed by atoms with Crippen molar-refractivity contribution in [2.75, 3.05) is 16.4 Å². The van der Waals surface area contributed by atoms with Crippen LogP contribution >= 0.6 is 11.6 Å². The molecule has 18 nitrogen and oxygen atoms in total. The summed E-state index contributed by atoms with van der Waals surface area (Å²) in [5.41, 5.74) is 4.95. The Morgan fingerprint density at radius 3 is 1.96 bits per heavy atom. The van der Waals surface area contributed by atoms with Gasteiger partial charge in [-0.1, -0.05) is 0 Å². The van der Waals surface area contributed by atoms with Gasteiger partial charge in [0.2, 0.25) is 23.1 Å². The van der Waals surface area contributed by atoms with Crippen LogP contribution < -0.4 is 105 Å². The number of carbonyl (C=O) groups excluding carboxylic acids is 1. The monoisotopic (exact) mass is 738 g/mol. The fourth-order valence-corrected chi connectivity index (χ4v) is 5.72. The van der Waals surface area contributed by atoms with Gasteiger partial charge in [-0.15, -0.1) is 10.2 Å². The first kappa shape index (κ1) is 42.6. The fourth-order valence-electron chi connectivity index (χ4n) is 3.60. The molecule has 0 atom stereocenters. The summed E-state index contributed by atoms with van der Waals surface area (Å²) in [5, 5.41) is 11.5. The number of hydrogen-bond donors (Lipinski definition) is 3. The van der Waals surface area contributed by atoms with Crippen LogP contribution in [0.4, 0.5) is 34.6 Å². The molecule has 25 heteroatoms. The van der Waals surface area contributed by atoms with Crippen molar-refractivity contribution in [3.8, 4) is 0 Å². The number of rotatable bonds is 8. The standard InChI is InChI=1S/C21H17ClN8O10S3.3Na/c1-9(31)24-15-6-11(25-21-27-19(22)26-20(23)28-21)2-3-14(15)29-30-16-8-13-10(5-18(16)43(38,39)40)4-12(41(32,33)34)7-17(13)42(35,36)37;;;/h2-8H,1H3,(H,24,31)(H,32,33,34)(H,35,36,37)(H,38,39,40)(H3,23,25,26,27,28);;;/q;3*+1/p-3. The van der Waals surface area contributed by atoms with Crippen molar-refractivity contribution >= 4 is 93.3 Å². The van der Waals surface area contributed by atoms with Crippen LogP contribution in [-0.4, -0.2) is 59.8 Å². The van der Waals surface area contributed by atoms with E-state index < -0.39 is 67.4 Å². The summed E-state index contributed by atoms with van der Waals surface area (Å²) in [7, 11) is -16.1. The van der Waals surface area contributed by atoms with Gasteiger partial charge in [-0.25, -0.2) is 25.3 Å². The SMILES string of the molecule is CC(=O)Nc1cc(Nc2nc(N)nc(Cl)n2)ccc1N=Nc1cc2c(S(=O)(=O)[O-])cc(S(=O)(=O)[O-])cc2cc1S(=O)(=O)[O-].[Na+].[Na+].[Na+]. The van der Waals surface area contributed by atoms with E-state index in [1.54, 1.807) is 0 Å². The van der Waals surface area contributed by atoms with Crippen molar-refractivity contribution in [3.63, 3.8) is 0 Å². The van der Waals surface area contributed by atoms with Gasteiger partial charge in [-0.05, 0) is 59.5 Å². The number of nitrogen functional groups attached to an aromatic ring is 1. The zero-order valence-electron chi connectivity index (χ0n) is 24.0. The van der Waals surface area contributed by atoms with Gasteiger partial charge in [0.1, 0.15) is 41.7 Å². The maximum atomic E-state index is 12.0. The molecule has 0 saturated carbocycles. The molecule has 4 N–H and O–H groups in total. The van der Waals surface area contributed by atoms with E-state index in [0.29, 0.717) is 24.3 Å². The minimum Gasteiger partial charge on any atom is -0.744 e. The van der Waals surface area contributed by atoms with Crippen molar-refractivity contribution in [2.24, 2.45) is 10.2 Å². The Balaban J connectivity index is 0.00000353. The van der Waals surface area contributed by atoms with Crippen LogP contribution in [0.5, 0.6) is 0 Å². The zero-order chi connectivity index (χ0) is 31.9. The van der Waals surface area contributed by atoms with Crippen molar-refractivity contribution in [2.45, 2.75) is 21.6 Å². The first-order valence-electron chi connectivity index (χ1n) is 11.1. The van der Waals surface area contributed by atoms with E-state index in [4.69, 9.17) is 17.3 Å². The predicted octanol–water partition coefficient (Wildman–Crippen LogP) is -6.90. The van der Waals surface area contributed by atoms with Gasteiger partial charge < -0.3 is 30.0 Å². The van der Waals surface area contributed by atoms with E-state index in [0.717, 1.165) is 0 Å².